The summed E-state index contributed by atoms with van der Waals surface area (Å²) in [6.07, 6.45) is 4.98. The average Bonchev–Trinajstić information content (AvgIpc) is 2.97. The number of aryl methyl sites for hydroxylation is 1. The van der Waals surface area contributed by atoms with Crippen LogP contribution in [-0.4, -0.2) is 5.78 Å². The van der Waals surface area contributed by atoms with Crippen LogP contribution < -0.4 is 4.90 Å². The number of Topliss-reactive ketones (excluding diaryl/α,β-unsaturated/α-hetero) is 1. The van der Waals surface area contributed by atoms with E-state index in [1.165, 1.54) is 22.3 Å². The van der Waals surface area contributed by atoms with Gasteiger partial charge in [-0.3, -0.25) is 4.79 Å². The molecule has 2 nitrogen and oxygen atoms in total. The van der Waals surface area contributed by atoms with Crippen molar-refractivity contribution in [2.24, 2.45) is 0 Å². The second-order valence-corrected chi connectivity index (χ2v) is 9.70. The second kappa shape index (κ2) is 9.91. The summed E-state index contributed by atoms with van der Waals surface area (Å²) < 4.78 is 0. The maximum atomic E-state index is 14.0. The number of nitrogens with zero attached hydrogens (tertiary/aromatic N) is 1. The molecule has 4 aromatic rings. The molecule has 2 heteroatoms. The largest absolute Gasteiger partial charge is 0.309 e. The lowest BCUT2D eigenvalue weighted by Gasteiger charge is -2.39. The first kappa shape index (κ1) is 23.0. The van der Waals surface area contributed by atoms with E-state index in [0.717, 1.165) is 53.0 Å². The van der Waals surface area contributed by atoms with Crippen molar-refractivity contribution < 1.29 is 4.79 Å². The zero-order chi connectivity index (χ0) is 25.2. The van der Waals surface area contributed by atoms with Gasteiger partial charge < -0.3 is 4.90 Å². The Balaban J connectivity index is 1.67. The monoisotopic (exact) mass is 479 g/mol. The fourth-order valence-electron chi connectivity index (χ4n) is 5.45. The highest BCUT2D eigenvalue weighted by atomic mass is 16.1. The van der Waals surface area contributed by atoms with Gasteiger partial charge in [0, 0.05) is 16.8 Å². The molecule has 0 N–H and O–H groups in total. The molecule has 37 heavy (non-hydrogen) atoms. The molecule has 1 heterocycles. The van der Waals surface area contributed by atoms with Crippen LogP contribution in [0, 0.1) is 6.92 Å². The van der Waals surface area contributed by atoms with Gasteiger partial charge in [0.2, 0.25) is 0 Å². The molecule has 6 rings (SSSR count). The van der Waals surface area contributed by atoms with E-state index in [1.807, 2.05) is 36.4 Å². The van der Waals surface area contributed by atoms with Gasteiger partial charge in [-0.15, -0.1) is 0 Å². The fourth-order valence-corrected chi connectivity index (χ4v) is 5.45. The number of hydrogen-bond acceptors (Lipinski definition) is 2. The predicted molar refractivity (Wildman–Crippen MR) is 153 cm³/mol. The number of anilines is 1. The van der Waals surface area contributed by atoms with Gasteiger partial charge >= 0.3 is 0 Å². The first-order chi connectivity index (χ1) is 18.2. The highest BCUT2D eigenvalue weighted by molar-refractivity contribution is 6.12. The van der Waals surface area contributed by atoms with Crippen LogP contribution in [0.3, 0.4) is 0 Å². The molecule has 0 saturated carbocycles. The van der Waals surface area contributed by atoms with Crippen LogP contribution in [0.25, 0.3) is 11.3 Å². The lowest BCUT2D eigenvalue weighted by molar-refractivity contribution is 0.102. The molecule has 2 aliphatic rings. The molecular weight excluding hydrogens is 450 g/mol. The predicted octanol–water partition coefficient (Wildman–Crippen LogP) is 8.63. The summed E-state index contributed by atoms with van der Waals surface area (Å²) in [5.41, 5.74) is 10.8. The summed E-state index contributed by atoms with van der Waals surface area (Å²) in [7, 11) is 0. The molecule has 0 amide bonds. The molecule has 0 unspecified atom stereocenters. The average molecular weight is 480 g/mol. The van der Waals surface area contributed by atoms with Crippen LogP contribution in [0.5, 0.6) is 0 Å². The molecule has 0 spiro atoms. The van der Waals surface area contributed by atoms with E-state index < -0.39 is 0 Å². The molecule has 4 aromatic carbocycles. The molecule has 1 aliphatic heterocycles. The van der Waals surface area contributed by atoms with Crippen molar-refractivity contribution in [2.75, 3.05) is 4.90 Å². The lowest BCUT2D eigenvalue weighted by atomic mass is 9.80. The van der Waals surface area contributed by atoms with Crippen molar-refractivity contribution in [1.82, 2.24) is 0 Å². The van der Waals surface area contributed by atoms with Crippen molar-refractivity contribution in [3.63, 3.8) is 0 Å². The lowest BCUT2D eigenvalue weighted by Crippen LogP contribution is -2.30. The van der Waals surface area contributed by atoms with Crippen molar-refractivity contribution in [1.29, 1.82) is 0 Å². The van der Waals surface area contributed by atoms with E-state index in [2.05, 4.69) is 96.8 Å². The molecule has 0 fully saturated rings. The minimum atomic E-state index is 0.117. The minimum Gasteiger partial charge on any atom is -0.309 e. The molecule has 0 atom stereocenters. The maximum Gasteiger partial charge on any atom is 0.191 e. The second-order valence-electron chi connectivity index (χ2n) is 9.70. The third-order valence-electron chi connectivity index (χ3n) is 7.25. The molecule has 0 radical (unpaired) electrons. The Morgan fingerprint density at radius 2 is 1.27 bits per heavy atom. The van der Waals surface area contributed by atoms with Crippen LogP contribution in [0.1, 0.15) is 46.3 Å². The van der Waals surface area contributed by atoms with Crippen LogP contribution >= 0.6 is 0 Å². The van der Waals surface area contributed by atoms with Crippen molar-refractivity contribution in [3.8, 4) is 0 Å². The van der Waals surface area contributed by atoms with Crippen LogP contribution in [0.15, 0.2) is 138 Å². The van der Waals surface area contributed by atoms with E-state index in [1.54, 1.807) is 0 Å². The summed E-state index contributed by atoms with van der Waals surface area (Å²) in [5.74, 6) is 0.117. The Bertz CT molecular complexity index is 1530. The van der Waals surface area contributed by atoms with Crippen LogP contribution in [0.4, 0.5) is 5.69 Å². The fraction of sp³-hybridized carbons (Fsp3) is 0.114. The number of carbonyl (C=O) groups is 1. The summed E-state index contributed by atoms with van der Waals surface area (Å²) in [6, 6.07) is 39.5. The summed E-state index contributed by atoms with van der Waals surface area (Å²) in [5, 5.41) is 0. The molecule has 0 saturated heterocycles. The Hall–Kier alpha value is -4.43. The third kappa shape index (κ3) is 4.36. The van der Waals surface area contributed by atoms with Crippen molar-refractivity contribution in [3.05, 3.63) is 160 Å². The van der Waals surface area contributed by atoms with E-state index >= 15 is 0 Å². The van der Waals surface area contributed by atoms with Crippen molar-refractivity contribution in [2.45, 2.75) is 26.2 Å². The van der Waals surface area contributed by atoms with Crippen LogP contribution in [0.2, 0.25) is 0 Å². The Morgan fingerprint density at radius 3 is 1.92 bits per heavy atom. The molecule has 180 valence electrons. The first-order valence-electron chi connectivity index (χ1n) is 13.0. The minimum absolute atomic E-state index is 0.117. The Morgan fingerprint density at radius 1 is 0.676 bits per heavy atom. The SMILES string of the molecule is Cc1ccc(N2C(c3ccccc3)=CC(c3ccccc3)=C3CCCC(C(=O)c4ccccc4)=C32)cc1. The Labute approximate surface area is 218 Å². The van der Waals surface area contributed by atoms with Gasteiger partial charge in [0.1, 0.15) is 0 Å². The number of allylic oxidation sites excluding steroid dienone is 4. The van der Waals surface area contributed by atoms with Gasteiger partial charge in [-0.25, -0.2) is 0 Å². The van der Waals surface area contributed by atoms with Gasteiger partial charge in [0.05, 0.1) is 11.4 Å². The summed E-state index contributed by atoms with van der Waals surface area (Å²) in [4.78, 5) is 16.4. The van der Waals surface area contributed by atoms with E-state index in [0.29, 0.717) is 0 Å². The Kier molecular flexibility index (Phi) is 6.16. The standard InChI is InChI=1S/C35H29NO/c1-25-20-22-29(23-21-25)36-33(27-14-7-3-8-15-27)24-32(26-12-5-2-6-13-26)30-18-11-19-31(34(30)36)35(37)28-16-9-4-10-17-28/h2-10,12-17,20-24H,11,18-19H2,1H3. The highest BCUT2D eigenvalue weighted by Crippen LogP contribution is 2.47. The number of carbonyl (C=O) groups excluding carboxylic acids is 1. The van der Waals surface area contributed by atoms with Gasteiger partial charge in [0.25, 0.3) is 0 Å². The number of ketones is 1. The van der Waals surface area contributed by atoms with E-state index in [4.69, 9.17) is 0 Å². The molecule has 0 aromatic heterocycles. The summed E-state index contributed by atoms with van der Waals surface area (Å²) >= 11 is 0. The zero-order valence-corrected chi connectivity index (χ0v) is 21.0. The number of benzene rings is 4. The van der Waals surface area contributed by atoms with E-state index in [-0.39, 0.29) is 5.78 Å². The smallest absolute Gasteiger partial charge is 0.191 e. The number of hydrogen-bond donors (Lipinski definition) is 0. The maximum absolute atomic E-state index is 14.0. The summed E-state index contributed by atoms with van der Waals surface area (Å²) in [6.45, 7) is 2.11. The number of rotatable bonds is 5. The third-order valence-corrected chi connectivity index (χ3v) is 7.25. The molecular formula is C35H29NO. The van der Waals surface area contributed by atoms with Gasteiger partial charge in [-0.1, -0.05) is 109 Å². The van der Waals surface area contributed by atoms with Crippen LogP contribution in [-0.2, 0) is 0 Å². The number of fused-ring (bicyclic) bond motifs is 1. The highest BCUT2D eigenvalue weighted by Gasteiger charge is 2.34. The van der Waals surface area contributed by atoms with Gasteiger partial charge in [-0.05, 0) is 66.7 Å². The van der Waals surface area contributed by atoms with Crippen molar-refractivity contribution >= 4 is 22.7 Å². The van der Waals surface area contributed by atoms with Gasteiger partial charge in [-0.2, -0.15) is 0 Å². The topological polar surface area (TPSA) is 20.3 Å². The molecule has 0 bridgehead atoms. The van der Waals surface area contributed by atoms with E-state index in [9.17, 15) is 4.79 Å². The molecule has 1 aliphatic carbocycles. The normalized spacial score (nSPS) is 15.4. The van der Waals surface area contributed by atoms with Gasteiger partial charge in [0.15, 0.2) is 5.78 Å². The zero-order valence-electron chi connectivity index (χ0n) is 21.0. The quantitative estimate of drug-likeness (QED) is 0.267. The first-order valence-corrected chi connectivity index (χ1v) is 13.0.